The van der Waals surface area contributed by atoms with Gasteiger partial charge in [0.2, 0.25) is 0 Å². The summed E-state index contributed by atoms with van der Waals surface area (Å²) in [7, 11) is 0. The Morgan fingerprint density at radius 2 is 2.21 bits per heavy atom. The molecular weight excluding hydrogens is 332 g/mol. The first-order chi connectivity index (χ1) is 11.6. The SMILES string of the molecule is O=C(Nc1cc(Cl)ccc1-c1nc(C2CC2)no1)N1CC[C@H](O)C1. The Hall–Kier alpha value is -2.12. The predicted octanol–water partition coefficient (Wildman–Crippen LogP) is 2.87. The number of anilines is 1. The number of rotatable bonds is 3. The van der Waals surface area contributed by atoms with Gasteiger partial charge in [-0.3, -0.25) is 0 Å². The first kappa shape index (κ1) is 15.4. The van der Waals surface area contributed by atoms with Gasteiger partial charge in [-0.05, 0) is 37.5 Å². The van der Waals surface area contributed by atoms with Crippen LogP contribution in [-0.4, -0.2) is 45.4 Å². The summed E-state index contributed by atoms with van der Waals surface area (Å²) in [6.45, 7) is 0.851. The number of nitrogens with one attached hydrogen (secondary N) is 1. The molecule has 1 aromatic heterocycles. The Morgan fingerprint density at radius 3 is 2.92 bits per heavy atom. The van der Waals surface area contributed by atoms with Gasteiger partial charge in [0, 0.05) is 24.0 Å². The molecule has 1 atom stereocenters. The van der Waals surface area contributed by atoms with Crippen molar-refractivity contribution in [3.63, 3.8) is 0 Å². The van der Waals surface area contributed by atoms with Gasteiger partial charge >= 0.3 is 6.03 Å². The monoisotopic (exact) mass is 348 g/mol. The lowest BCUT2D eigenvalue weighted by molar-refractivity contribution is 0.176. The van der Waals surface area contributed by atoms with E-state index in [0.717, 1.165) is 12.8 Å². The molecule has 8 heteroatoms. The molecule has 24 heavy (non-hydrogen) atoms. The summed E-state index contributed by atoms with van der Waals surface area (Å²) >= 11 is 6.06. The molecule has 0 bridgehead atoms. The van der Waals surface area contributed by atoms with Crippen LogP contribution in [0, 0.1) is 0 Å². The van der Waals surface area contributed by atoms with E-state index in [1.807, 2.05) is 0 Å². The van der Waals surface area contributed by atoms with Crippen molar-refractivity contribution in [2.45, 2.75) is 31.3 Å². The Morgan fingerprint density at radius 1 is 1.38 bits per heavy atom. The average molecular weight is 349 g/mol. The van der Waals surface area contributed by atoms with Gasteiger partial charge in [-0.25, -0.2) is 4.79 Å². The number of amides is 2. The number of hydrogen-bond donors (Lipinski definition) is 2. The maximum Gasteiger partial charge on any atom is 0.321 e. The van der Waals surface area contributed by atoms with Crippen LogP contribution < -0.4 is 5.32 Å². The quantitative estimate of drug-likeness (QED) is 0.889. The molecule has 4 rings (SSSR count). The van der Waals surface area contributed by atoms with E-state index in [9.17, 15) is 9.90 Å². The number of aliphatic hydroxyl groups excluding tert-OH is 1. The largest absolute Gasteiger partial charge is 0.391 e. The number of hydrogen-bond acceptors (Lipinski definition) is 5. The van der Waals surface area contributed by atoms with E-state index >= 15 is 0 Å². The summed E-state index contributed by atoms with van der Waals surface area (Å²) in [6.07, 6.45) is 2.29. The zero-order valence-corrected chi connectivity index (χ0v) is 13.7. The van der Waals surface area contributed by atoms with Gasteiger partial charge in [-0.1, -0.05) is 16.8 Å². The fourth-order valence-corrected chi connectivity index (χ4v) is 2.95. The number of urea groups is 1. The summed E-state index contributed by atoms with van der Waals surface area (Å²) < 4.78 is 5.35. The van der Waals surface area contributed by atoms with Crippen LogP contribution in [0.25, 0.3) is 11.5 Å². The third-order valence-corrected chi connectivity index (χ3v) is 4.52. The number of carbonyl (C=O) groups excluding carboxylic acids is 1. The second-order valence-electron chi connectivity index (χ2n) is 6.24. The number of carbonyl (C=O) groups is 1. The van der Waals surface area contributed by atoms with E-state index in [2.05, 4.69) is 15.5 Å². The molecule has 1 saturated carbocycles. The third-order valence-electron chi connectivity index (χ3n) is 4.29. The van der Waals surface area contributed by atoms with Crippen LogP contribution >= 0.6 is 11.6 Å². The number of nitrogens with zero attached hydrogens (tertiary/aromatic N) is 3. The third kappa shape index (κ3) is 3.09. The van der Waals surface area contributed by atoms with E-state index in [1.54, 1.807) is 23.1 Å². The van der Waals surface area contributed by atoms with Crippen LogP contribution in [0.5, 0.6) is 0 Å². The molecule has 0 spiro atoms. The van der Waals surface area contributed by atoms with E-state index in [4.69, 9.17) is 16.1 Å². The molecule has 2 N–H and O–H groups in total. The topological polar surface area (TPSA) is 91.5 Å². The van der Waals surface area contributed by atoms with E-state index in [0.29, 0.717) is 53.4 Å². The van der Waals surface area contributed by atoms with Gasteiger partial charge in [0.05, 0.1) is 17.4 Å². The van der Waals surface area contributed by atoms with Crippen LogP contribution in [0.15, 0.2) is 22.7 Å². The zero-order valence-electron chi connectivity index (χ0n) is 12.9. The van der Waals surface area contributed by atoms with E-state index < -0.39 is 6.10 Å². The van der Waals surface area contributed by atoms with Crippen LogP contribution in [-0.2, 0) is 0 Å². The number of β-amino-alcohol motifs (C(OH)–C–C–N with tert-alkyl or cyclic N) is 1. The number of halogens is 1. The van der Waals surface area contributed by atoms with Gasteiger partial charge in [0.15, 0.2) is 5.82 Å². The van der Waals surface area contributed by atoms with Crippen molar-refractivity contribution in [1.82, 2.24) is 15.0 Å². The van der Waals surface area contributed by atoms with Gasteiger partial charge < -0.3 is 19.8 Å². The number of benzene rings is 1. The molecule has 2 heterocycles. The maximum atomic E-state index is 12.4. The molecule has 1 saturated heterocycles. The molecule has 1 aromatic carbocycles. The molecule has 2 aliphatic rings. The van der Waals surface area contributed by atoms with Crippen molar-refractivity contribution in [3.05, 3.63) is 29.0 Å². The summed E-state index contributed by atoms with van der Waals surface area (Å²) in [5, 5.41) is 16.9. The normalized spacial score (nSPS) is 20.4. The van der Waals surface area contributed by atoms with Gasteiger partial charge in [0.1, 0.15) is 0 Å². The van der Waals surface area contributed by atoms with Crippen molar-refractivity contribution in [2.24, 2.45) is 0 Å². The molecule has 2 fully saturated rings. The minimum atomic E-state index is -0.466. The van der Waals surface area contributed by atoms with Crippen molar-refractivity contribution < 1.29 is 14.4 Å². The highest BCUT2D eigenvalue weighted by Gasteiger charge is 2.30. The second kappa shape index (κ2) is 6.07. The standard InChI is InChI=1S/C16H17ClN4O3/c17-10-3-4-12(15-19-14(20-24-15)9-1-2-9)13(7-10)18-16(23)21-6-5-11(22)8-21/h3-4,7,9,11,22H,1-2,5-6,8H2,(H,18,23)/t11-/m0/s1. The van der Waals surface area contributed by atoms with E-state index in [1.165, 1.54) is 0 Å². The highest BCUT2D eigenvalue weighted by atomic mass is 35.5. The van der Waals surface area contributed by atoms with Crippen molar-refractivity contribution >= 4 is 23.3 Å². The molecule has 126 valence electrons. The van der Waals surface area contributed by atoms with E-state index in [-0.39, 0.29) is 6.03 Å². The van der Waals surface area contributed by atoms with Crippen LogP contribution in [0.1, 0.15) is 31.0 Å². The lowest BCUT2D eigenvalue weighted by atomic mass is 10.1. The lowest BCUT2D eigenvalue weighted by Gasteiger charge is -2.17. The molecule has 2 amide bonds. The summed E-state index contributed by atoms with van der Waals surface area (Å²) in [6, 6.07) is 4.84. The molecule has 7 nitrogen and oxygen atoms in total. The molecule has 0 radical (unpaired) electrons. The van der Waals surface area contributed by atoms with Crippen LogP contribution in [0.4, 0.5) is 10.5 Å². The molecular formula is C16H17ClN4O3. The van der Waals surface area contributed by atoms with Crippen molar-refractivity contribution in [2.75, 3.05) is 18.4 Å². The van der Waals surface area contributed by atoms with Gasteiger partial charge in [0.25, 0.3) is 5.89 Å². The Balaban J connectivity index is 1.59. The molecule has 0 unspecified atom stereocenters. The average Bonchev–Trinajstić information content (AvgIpc) is 3.12. The minimum Gasteiger partial charge on any atom is -0.391 e. The highest BCUT2D eigenvalue weighted by Crippen LogP contribution is 2.39. The summed E-state index contributed by atoms with van der Waals surface area (Å²) in [4.78, 5) is 18.4. The second-order valence-corrected chi connectivity index (χ2v) is 6.68. The zero-order chi connectivity index (χ0) is 16.7. The van der Waals surface area contributed by atoms with Gasteiger partial charge in [-0.15, -0.1) is 0 Å². The number of aliphatic hydroxyl groups is 1. The number of likely N-dealkylation sites (tertiary alicyclic amines) is 1. The first-order valence-corrected chi connectivity index (χ1v) is 8.35. The fourth-order valence-electron chi connectivity index (χ4n) is 2.78. The summed E-state index contributed by atoms with van der Waals surface area (Å²) in [5.74, 6) is 1.46. The Bertz CT molecular complexity index is 774. The minimum absolute atomic E-state index is 0.281. The van der Waals surface area contributed by atoms with Crippen LogP contribution in [0.2, 0.25) is 5.02 Å². The highest BCUT2D eigenvalue weighted by molar-refractivity contribution is 6.31. The fraction of sp³-hybridized carbons (Fsp3) is 0.438. The lowest BCUT2D eigenvalue weighted by Crippen LogP contribution is -2.33. The molecule has 1 aliphatic carbocycles. The van der Waals surface area contributed by atoms with Gasteiger partial charge in [-0.2, -0.15) is 4.98 Å². The smallest absolute Gasteiger partial charge is 0.321 e. The first-order valence-electron chi connectivity index (χ1n) is 7.97. The molecule has 1 aliphatic heterocycles. The Kier molecular flexibility index (Phi) is 3.90. The maximum absolute atomic E-state index is 12.4. The Labute approximate surface area is 143 Å². The van der Waals surface area contributed by atoms with Crippen molar-refractivity contribution in [1.29, 1.82) is 0 Å². The summed E-state index contributed by atoms with van der Waals surface area (Å²) in [5.41, 5.74) is 1.15. The van der Waals surface area contributed by atoms with Crippen molar-refractivity contribution in [3.8, 4) is 11.5 Å². The van der Waals surface area contributed by atoms with Crippen LogP contribution in [0.3, 0.4) is 0 Å². The molecule has 2 aromatic rings. The predicted molar refractivity (Wildman–Crippen MR) is 87.9 cm³/mol. The number of aromatic nitrogens is 2.